The molecule has 0 bridgehead atoms. The Hall–Kier alpha value is -1.97. The van der Waals surface area contributed by atoms with E-state index in [0.29, 0.717) is 0 Å². The van der Waals surface area contributed by atoms with Crippen molar-refractivity contribution in [1.29, 1.82) is 5.26 Å². The molecule has 3 N–H and O–H groups in total. The summed E-state index contributed by atoms with van der Waals surface area (Å²) in [6.07, 6.45) is -3.10. The van der Waals surface area contributed by atoms with E-state index in [2.05, 4.69) is 10.3 Å². The first-order valence-corrected chi connectivity index (χ1v) is 4.89. The lowest BCUT2D eigenvalue weighted by atomic mass is 10.2. The van der Waals surface area contributed by atoms with Crippen molar-refractivity contribution in [2.45, 2.75) is 24.6 Å². The number of halogens is 3. The van der Waals surface area contributed by atoms with Crippen LogP contribution >= 0.6 is 0 Å². The van der Waals surface area contributed by atoms with Crippen LogP contribution < -0.4 is 11.1 Å². The molecule has 0 atom stereocenters. The maximum atomic E-state index is 12.7. The highest BCUT2D eigenvalue weighted by Crippen LogP contribution is 2.51. The van der Waals surface area contributed by atoms with Crippen molar-refractivity contribution in [2.24, 2.45) is 0 Å². The summed E-state index contributed by atoms with van der Waals surface area (Å²) in [5.74, 6) is -0.0844. The standard InChI is InChI=1S/C10H9F3N4/c11-10(12,13)9(2-3-9)17-8-7(15)6(5-14)1-4-16-8/h1,4H,2-3,15H2,(H,16,17). The molecule has 1 fully saturated rings. The topological polar surface area (TPSA) is 74.7 Å². The zero-order valence-corrected chi connectivity index (χ0v) is 8.67. The number of anilines is 2. The van der Waals surface area contributed by atoms with Gasteiger partial charge in [-0.15, -0.1) is 0 Å². The van der Waals surface area contributed by atoms with Gasteiger partial charge in [-0.05, 0) is 18.9 Å². The summed E-state index contributed by atoms with van der Waals surface area (Å²) in [5, 5.41) is 11.0. The third kappa shape index (κ3) is 1.86. The predicted molar refractivity (Wildman–Crippen MR) is 55.0 cm³/mol. The highest BCUT2D eigenvalue weighted by molar-refractivity contribution is 5.70. The van der Waals surface area contributed by atoms with Gasteiger partial charge in [0.15, 0.2) is 5.82 Å². The molecule has 2 rings (SSSR count). The molecule has 0 unspecified atom stereocenters. The van der Waals surface area contributed by atoms with Crippen LogP contribution in [0.25, 0.3) is 0 Å². The molecule has 0 aliphatic heterocycles. The van der Waals surface area contributed by atoms with Crippen molar-refractivity contribution in [3.05, 3.63) is 17.8 Å². The maximum absolute atomic E-state index is 12.7. The molecule has 0 saturated heterocycles. The van der Waals surface area contributed by atoms with Gasteiger partial charge < -0.3 is 11.1 Å². The average Bonchev–Trinajstić information content (AvgIpc) is 3.01. The fourth-order valence-corrected chi connectivity index (χ4v) is 1.50. The maximum Gasteiger partial charge on any atom is 0.411 e. The number of nitrogens with one attached hydrogen (secondary N) is 1. The SMILES string of the molecule is N#Cc1ccnc(NC2(C(F)(F)F)CC2)c1N. The highest BCUT2D eigenvalue weighted by Gasteiger charge is 2.63. The summed E-state index contributed by atoms with van der Waals surface area (Å²) in [7, 11) is 0. The van der Waals surface area contributed by atoms with Gasteiger partial charge in [0.2, 0.25) is 0 Å². The van der Waals surface area contributed by atoms with E-state index in [9.17, 15) is 13.2 Å². The number of aromatic nitrogens is 1. The first kappa shape index (κ1) is 11.5. The van der Waals surface area contributed by atoms with Crippen molar-refractivity contribution < 1.29 is 13.2 Å². The number of nitrogens with zero attached hydrogens (tertiary/aromatic N) is 2. The van der Waals surface area contributed by atoms with Crippen LogP contribution in [0.15, 0.2) is 12.3 Å². The van der Waals surface area contributed by atoms with E-state index >= 15 is 0 Å². The van der Waals surface area contributed by atoms with E-state index in [1.54, 1.807) is 6.07 Å². The molecule has 0 radical (unpaired) electrons. The number of nitrogen functional groups attached to an aromatic ring is 1. The summed E-state index contributed by atoms with van der Waals surface area (Å²) in [6.45, 7) is 0. The second-order valence-corrected chi connectivity index (χ2v) is 3.94. The summed E-state index contributed by atoms with van der Waals surface area (Å²) in [4.78, 5) is 3.74. The highest BCUT2D eigenvalue weighted by atomic mass is 19.4. The molecule has 1 aliphatic carbocycles. The van der Waals surface area contributed by atoms with Gasteiger partial charge in [0.1, 0.15) is 11.6 Å². The van der Waals surface area contributed by atoms with Gasteiger partial charge in [-0.1, -0.05) is 0 Å². The number of pyridine rings is 1. The van der Waals surface area contributed by atoms with E-state index in [4.69, 9.17) is 11.0 Å². The van der Waals surface area contributed by atoms with Gasteiger partial charge >= 0.3 is 6.18 Å². The third-order valence-electron chi connectivity index (χ3n) is 2.76. The molecule has 0 aromatic carbocycles. The number of alkyl halides is 3. The molecule has 1 saturated carbocycles. The Morgan fingerprint density at radius 3 is 2.59 bits per heavy atom. The first-order chi connectivity index (χ1) is 7.89. The van der Waals surface area contributed by atoms with Crippen molar-refractivity contribution in [3.63, 3.8) is 0 Å². The Kier molecular flexibility index (Phi) is 2.38. The quantitative estimate of drug-likeness (QED) is 0.832. The Bertz CT molecular complexity index is 485. The molecule has 17 heavy (non-hydrogen) atoms. The largest absolute Gasteiger partial charge is 0.411 e. The smallest absolute Gasteiger partial charge is 0.395 e. The zero-order valence-electron chi connectivity index (χ0n) is 8.67. The molecule has 4 nitrogen and oxygen atoms in total. The number of rotatable bonds is 2. The van der Waals surface area contributed by atoms with Crippen LogP contribution in [0.5, 0.6) is 0 Å². The number of hydrogen-bond acceptors (Lipinski definition) is 4. The molecular formula is C10H9F3N4. The van der Waals surface area contributed by atoms with Crippen LogP contribution in [0.4, 0.5) is 24.7 Å². The lowest BCUT2D eigenvalue weighted by Gasteiger charge is -2.22. The van der Waals surface area contributed by atoms with Crippen molar-refractivity contribution in [3.8, 4) is 6.07 Å². The molecule has 0 spiro atoms. The molecule has 1 aromatic heterocycles. The van der Waals surface area contributed by atoms with Crippen LogP contribution in [0.1, 0.15) is 18.4 Å². The molecule has 1 aromatic rings. The minimum absolute atomic E-state index is 0.00555. The van der Waals surface area contributed by atoms with Gasteiger partial charge in [0.05, 0.1) is 11.3 Å². The lowest BCUT2D eigenvalue weighted by Crippen LogP contribution is -2.39. The predicted octanol–water partition coefficient (Wildman–Crippen LogP) is 2.04. The Morgan fingerprint density at radius 1 is 1.47 bits per heavy atom. The monoisotopic (exact) mass is 242 g/mol. The fourth-order valence-electron chi connectivity index (χ4n) is 1.50. The summed E-state index contributed by atoms with van der Waals surface area (Å²) in [5.41, 5.74) is 3.69. The minimum atomic E-state index is -4.34. The Balaban J connectivity index is 2.30. The van der Waals surface area contributed by atoms with E-state index < -0.39 is 11.7 Å². The van der Waals surface area contributed by atoms with Crippen LogP contribution in [0.2, 0.25) is 0 Å². The van der Waals surface area contributed by atoms with Crippen LogP contribution in [-0.4, -0.2) is 16.7 Å². The van der Waals surface area contributed by atoms with Crippen LogP contribution in [-0.2, 0) is 0 Å². The van der Waals surface area contributed by atoms with Crippen molar-refractivity contribution >= 4 is 11.5 Å². The fraction of sp³-hybridized carbons (Fsp3) is 0.400. The summed E-state index contributed by atoms with van der Waals surface area (Å²) in [6, 6.07) is 3.15. The van der Waals surface area contributed by atoms with Gasteiger partial charge in [-0.25, -0.2) is 4.98 Å². The Labute approximate surface area is 95.2 Å². The van der Waals surface area contributed by atoms with Crippen LogP contribution in [0.3, 0.4) is 0 Å². The number of nitriles is 1. The minimum Gasteiger partial charge on any atom is -0.395 e. The van der Waals surface area contributed by atoms with E-state index in [1.807, 2.05) is 0 Å². The number of nitrogens with two attached hydrogens (primary N) is 1. The third-order valence-corrected chi connectivity index (χ3v) is 2.76. The normalized spacial score (nSPS) is 17.3. The molecule has 1 heterocycles. The first-order valence-electron chi connectivity index (χ1n) is 4.89. The van der Waals surface area contributed by atoms with E-state index in [0.717, 1.165) is 0 Å². The van der Waals surface area contributed by atoms with E-state index in [-0.39, 0.29) is 29.9 Å². The second kappa shape index (κ2) is 3.52. The molecule has 90 valence electrons. The molecule has 0 amide bonds. The second-order valence-electron chi connectivity index (χ2n) is 3.94. The summed E-state index contributed by atoms with van der Waals surface area (Å²) >= 11 is 0. The lowest BCUT2D eigenvalue weighted by molar-refractivity contribution is -0.151. The summed E-state index contributed by atoms with van der Waals surface area (Å²) < 4.78 is 38.1. The van der Waals surface area contributed by atoms with Crippen molar-refractivity contribution in [2.75, 3.05) is 11.1 Å². The average molecular weight is 242 g/mol. The Morgan fingerprint density at radius 2 is 2.12 bits per heavy atom. The van der Waals surface area contributed by atoms with Gasteiger partial charge in [-0.3, -0.25) is 0 Å². The number of hydrogen-bond donors (Lipinski definition) is 2. The van der Waals surface area contributed by atoms with Gasteiger partial charge in [0.25, 0.3) is 0 Å². The van der Waals surface area contributed by atoms with Gasteiger partial charge in [-0.2, -0.15) is 18.4 Å². The zero-order chi connectivity index (χ0) is 12.7. The molecular weight excluding hydrogens is 233 g/mol. The molecule has 1 aliphatic rings. The van der Waals surface area contributed by atoms with Crippen molar-refractivity contribution in [1.82, 2.24) is 4.98 Å². The molecule has 7 heteroatoms. The van der Waals surface area contributed by atoms with Crippen LogP contribution in [0, 0.1) is 11.3 Å². The van der Waals surface area contributed by atoms with E-state index in [1.165, 1.54) is 12.3 Å². The van der Waals surface area contributed by atoms with Gasteiger partial charge in [0, 0.05) is 6.20 Å².